The van der Waals surface area contributed by atoms with Crippen LogP contribution in [0.1, 0.15) is 75.8 Å². The topological polar surface area (TPSA) is 0 Å². The first-order chi connectivity index (χ1) is 12.6. The summed E-state index contributed by atoms with van der Waals surface area (Å²) in [6, 6.07) is 9.67. The SMILES string of the molecule is CC(C)(C)c1ccc2c(c1)Cc1c-2cc(C2=CC=CC2)c(C(C)(C)C)[c]1[Zr]. The molecule has 0 nitrogen and oxygen atoms in total. The van der Waals surface area contributed by atoms with E-state index < -0.39 is 0 Å². The summed E-state index contributed by atoms with van der Waals surface area (Å²) >= 11 is 1.54. The molecule has 4 rings (SSSR count). The Balaban J connectivity index is 1.93. The van der Waals surface area contributed by atoms with Gasteiger partial charge in [0, 0.05) is 0 Å². The van der Waals surface area contributed by atoms with Crippen molar-refractivity contribution < 1.29 is 24.7 Å². The van der Waals surface area contributed by atoms with Crippen LogP contribution in [0.25, 0.3) is 16.7 Å². The summed E-state index contributed by atoms with van der Waals surface area (Å²) in [6.07, 6.45) is 8.95. The maximum absolute atomic E-state index is 2.50. The van der Waals surface area contributed by atoms with E-state index in [1.807, 2.05) is 0 Å². The van der Waals surface area contributed by atoms with E-state index in [1.54, 1.807) is 39.1 Å². The Morgan fingerprint density at radius 1 is 0.852 bits per heavy atom. The summed E-state index contributed by atoms with van der Waals surface area (Å²) in [5, 5.41) is 0. The standard InChI is InChI=1S/C26H29.Zr/c1-25(2,3)20-11-12-21-18(14-20)13-19-15-24(26(4,5)6)23(16-22(19)21)17-9-7-8-10-17;/h7-9,11-12,14,16H,10,13H2,1-6H3;. The van der Waals surface area contributed by atoms with Crippen molar-refractivity contribution in [1.82, 2.24) is 0 Å². The summed E-state index contributed by atoms with van der Waals surface area (Å²) in [5.41, 5.74) is 12.4. The summed E-state index contributed by atoms with van der Waals surface area (Å²) in [5.74, 6) is 0. The van der Waals surface area contributed by atoms with Gasteiger partial charge < -0.3 is 0 Å². The first-order valence-corrected chi connectivity index (χ1v) is 11.2. The molecule has 0 atom stereocenters. The third-order valence-electron chi connectivity index (χ3n) is 5.93. The van der Waals surface area contributed by atoms with Crippen LogP contribution >= 0.6 is 0 Å². The Morgan fingerprint density at radius 2 is 1.59 bits per heavy atom. The van der Waals surface area contributed by atoms with Crippen LogP contribution in [0.2, 0.25) is 0 Å². The second kappa shape index (κ2) is 6.42. The number of hydrogen-bond donors (Lipinski definition) is 0. The first kappa shape index (κ1) is 19.1. The molecule has 0 bridgehead atoms. The van der Waals surface area contributed by atoms with Crippen LogP contribution in [-0.4, -0.2) is 0 Å². The molecule has 27 heavy (non-hydrogen) atoms. The molecule has 0 saturated carbocycles. The Bertz CT molecular complexity index is 988. The number of fused-ring (bicyclic) bond motifs is 3. The second-order valence-electron chi connectivity index (χ2n) is 10.1. The van der Waals surface area contributed by atoms with Gasteiger partial charge in [-0.05, 0) is 0 Å². The fourth-order valence-electron chi connectivity index (χ4n) is 4.49. The monoisotopic (exact) mass is 431 g/mol. The summed E-state index contributed by atoms with van der Waals surface area (Å²) in [6.45, 7) is 14.0. The third kappa shape index (κ3) is 3.27. The van der Waals surface area contributed by atoms with Crippen LogP contribution in [0.3, 0.4) is 0 Å². The molecule has 2 aromatic rings. The van der Waals surface area contributed by atoms with Gasteiger partial charge in [-0.3, -0.25) is 0 Å². The molecule has 0 radical (unpaired) electrons. The van der Waals surface area contributed by atoms with Gasteiger partial charge in [0.25, 0.3) is 0 Å². The normalized spacial score (nSPS) is 15.7. The fourth-order valence-corrected chi connectivity index (χ4v) is 6.29. The van der Waals surface area contributed by atoms with Crippen LogP contribution in [0.4, 0.5) is 0 Å². The van der Waals surface area contributed by atoms with Gasteiger partial charge in [0.05, 0.1) is 0 Å². The van der Waals surface area contributed by atoms with Crippen molar-refractivity contribution >= 4 is 8.84 Å². The molecular weight excluding hydrogens is 404 g/mol. The molecule has 0 fully saturated rings. The molecule has 2 aromatic carbocycles. The minimum absolute atomic E-state index is 0.165. The molecule has 0 heterocycles. The van der Waals surface area contributed by atoms with E-state index >= 15 is 0 Å². The van der Waals surface area contributed by atoms with Crippen molar-refractivity contribution in [3.63, 3.8) is 0 Å². The van der Waals surface area contributed by atoms with Gasteiger partial charge in [-0.25, -0.2) is 0 Å². The summed E-state index contributed by atoms with van der Waals surface area (Å²) in [7, 11) is 0. The molecule has 2 aliphatic rings. The van der Waals surface area contributed by atoms with E-state index in [1.165, 1.54) is 33.4 Å². The first-order valence-electron chi connectivity index (χ1n) is 9.99. The minimum atomic E-state index is 0.165. The van der Waals surface area contributed by atoms with Gasteiger partial charge in [0.15, 0.2) is 0 Å². The maximum atomic E-state index is 2.50. The molecule has 0 aliphatic heterocycles. The Kier molecular flexibility index (Phi) is 4.55. The average Bonchev–Trinajstić information content (AvgIpc) is 3.19. The molecule has 0 N–H and O–H groups in total. The van der Waals surface area contributed by atoms with Gasteiger partial charge >= 0.3 is 180 Å². The molecule has 0 amide bonds. The number of hydrogen-bond acceptors (Lipinski definition) is 0. The predicted molar refractivity (Wildman–Crippen MR) is 113 cm³/mol. The molecule has 0 aromatic heterocycles. The van der Waals surface area contributed by atoms with Gasteiger partial charge in [0.1, 0.15) is 0 Å². The van der Waals surface area contributed by atoms with Crippen LogP contribution in [0.5, 0.6) is 0 Å². The van der Waals surface area contributed by atoms with Crippen molar-refractivity contribution in [3.8, 4) is 11.1 Å². The zero-order valence-electron chi connectivity index (χ0n) is 17.5. The summed E-state index contributed by atoms with van der Waals surface area (Å²) < 4.78 is 1.59. The van der Waals surface area contributed by atoms with E-state index in [2.05, 4.69) is 84.0 Å². The van der Waals surface area contributed by atoms with Crippen LogP contribution in [0, 0.1) is 0 Å². The van der Waals surface area contributed by atoms with E-state index in [4.69, 9.17) is 0 Å². The van der Waals surface area contributed by atoms with E-state index in [-0.39, 0.29) is 10.8 Å². The second-order valence-corrected chi connectivity index (χ2v) is 11.3. The number of allylic oxidation sites excluding steroid dienone is 4. The predicted octanol–water partition coefficient (Wildman–Crippen LogP) is 6.37. The van der Waals surface area contributed by atoms with Gasteiger partial charge in [-0.1, -0.05) is 0 Å². The molecule has 0 spiro atoms. The molecule has 0 unspecified atom stereocenters. The van der Waals surface area contributed by atoms with Crippen molar-refractivity contribution in [2.24, 2.45) is 0 Å². The number of rotatable bonds is 1. The van der Waals surface area contributed by atoms with Crippen molar-refractivity contribution in [2.45, 2.75) is 65.2 Å². The van der Waals surface area contributed by atoms with Crippen molar-refractivity contribution in [2.75, 3.05) is 0 Å². The third-order valence-corrected chi connectivity index (χ3v) is 7.29. The van der Waals surface area contributed by atoms with E-state index in [0.29, 0.717) is 0 Å². The summed E-state index contributed by atoms with van der Waals surface area (Å²) in [4.78, 5) is 0. The van der Waals surface area contributed by atoms with E-state index in [9.17, 15) is 0 Å². The molecule has 0 saturated heterocycles. The molecule has 137 valence electrons. The Morgan fingerprint density at radius 3 is 2.19 bits per heavy atom. The zero-order valence-corrected chi connectivity index (χ0v) is 19.9. The average molecular weight is 433 g/mol. The van der Waals surface area contributed by atoms with Crippen molar-refractivity contribution in [3.05, 3.63) is 70.3 Å². The Labute approximate surface area is 179 Å². The van der Waals surface area contributed by atoms with Gasteiger partial charge in [-0.15, -0.1) is 0 Å². The van der Waals surface area contributed by atoms with Crippen LogP contribution in [0.15, 0.2) is 42.5 Å². The Hall–Kier alpha value is -1.20. The van der Waals surface area contributed by atoms with Gasteiger partial charge in [-0.2, -0.15) is 0 Å². The van der Waals surface area contributed by atoms with Crippen molar-refractivity contribution in [1.29, 1.82) is 0 Å². The molecular formula is C26H29Zr. The zero-order chi connectivity index (χ0) is 19.6. The van der Waals surface area contributed by atoms with Crippen LogP contribution < -0.4 is 3.27 Å². The quantitative estimate of drug-likeness (QED) is 0.419. The van der Waals surface area contributed by atoms with Crippen LogP contribution in [-0.2, 0) is 42.0 Å². The van der Waals surface area contributed by atoms with E-state index in [0.717, 1.165) is 12.8 Å². The molecule has 1 heteroatoms. The number of benzene rings is 2. The van der Waals surface area contributed by atoms with Gasteiger partial charge in [0.2, 0.25) is 0 Å². The molecule has 2 aliphatic carbocycles. The fraction of sp³-hybridized carbons (Fsp3) is 0.385.